The first-order valence-corrected chi connectivity index (χ1v) is 3.42. The minimum absolute atomic E-state index is 0.773. The van der Waals surface area contributed by atoms with Crippen LogP contribution in [0.5, 0.6) is 0 Å². The van der Waals surface area contributed by atoms with Gasteiger partial charge in [0.1, 0.15) is 0 Å². The van der Waals surface area contributed by atoms with Crippen LogP contribution in [0.3, 0.4) is 0 Å². The van der Waals surface area contributed by atoms with Gasteiger partial charge in [0.2, 0.25) is 0 Å². The van der Waals surface area contributed by atoms with Gasteiger partial charge in [-0.3, -0.25) is 0 Å². The van der Waals surface area contributed by atoms with Gasteiger partial charge in [0.15, 0.2) is 0 Å². The van der Waals surface area contributed by atoms with Crippen molar-refractivity contribution >= 4 is 0 Å². The maximum atomic E-state index is 2.28. The Morgan fingerprint density at radius 2 is 2.33 bits per heavy atom. The average molecular weight is 118 g/mol. The first kappa shape index (κ1) is 5.04. The zero-order valence-corrected chi connectivity index (χ0v) is 5.59. The third kappa shape index (κ3) is 0.593. The predicted molar refractivity (Wildman–Crippen MR) is 39.1 cm³/mol. The van der Waals surface area contributed by atoms with Crippen LogP contribution in [0.2, 0.25) is 0 Å². The molecule has 9 heavy (non-hydrogen) atoms. The third-order valence-electron chi connectivity index (χ3n) is 2.15. The molecule has 0 saturated carbocycles. The van der Waals surface area contributed by atoms with Crippen LogP contribution in [0.15, 0.2) is 35.5 Å². The van der Waals surface area contributed by atoms with E-state index in [4.69, 9.17) is 0 Å². The highest BCUT2D eigenvalue weighted by atomic mass is 14.3. The minimum Gasteiger partial charge on any atom is -0.0767 e. The molecule has 2 aliphatic rings. The number of hydrogen-bond acceptors (Lipinski definition) is 0. The summed E-state index contributed by atoms with van der Waals surface area (Å²) in [5.41, 5.74) is 3.12. The summed E-state index contributed by atoms with van der Waals surface area (Å²) in [6.07, 6.45) is 10.1. The summed E-state index contributed by atoms with van der Waals surface area (Å²) in [5.74, 6) is 0.773. The maximum absolute atomic E-state index is 2.28. The molecule has 2 rings (SSSR count). The molecule has 1 atom stereocenters. The summed E-state index contributed by atoms with van der Waals surface area (Å²) < 4.78 is 0. The van der Waals surface area contributed by atoms with E-state index in [0.29, 0.717) is 0 Å². The zero-order chi connectivity index (χ0) is 6.27. The number of allylic oxidation sites excluding steroid dienone is 6. The van der Waals surface area contributed by atoms with E-state index in [1.54, 1.807) is 11.1 Å². The molecule has 2 aliphatic carbocycles. The van der Waals surface area contributed by atoms with Crippen LogP contribution in [-0.2, 0) is 0 Å². The van der Waals surface area contributed by atoms with Gasteiger partial charge in [0.25, 0.3) is 0 Å². The van der Waals surface area contributed by atoms with Gasteiger partial charge in [0.05, 0.1) is 0 Å². The second kappa shape index (κ2) is 1.60. The lowest BCUT2D eigenvalue weighted by Crippen LogP contribution is -2.14. The van der Waals surface area contributed by atoms with Gasteiger partial charge in [-0.25, -0.2) is 0 Å². The molecule has 0 radical (unpaired) electrons. The molecule has 0 saturated heterocycles. The summed E-state index contributed by atoms with van der Waals surface area (Å²) in [4.78, 5) is 0. The van der Waals surface area contributed by atoms with Crippen LogP contribution < -0.4 is 0 Å². The van der Waals surface area contributed by atoms with E-state index in [1.165, 1.54) is 6.42 Å². The summed E-state index contributed by atoms with van der Waals surface area (Å²) in [6, 6.07) is 0. The first-order chi connectivity index (χ1) is 4.38. The van der Waals surface area contributed by atoms with Crippen LogP contribution in [0.4, 0.5) is 0 Å². The number of fused-ring (bicyclic) bond motifs is 1. The van der Waals surface area contributed by atoms with E-state index in [-0.39, 0.29) is 0 Å². The lowest BCUT2D eigenvalue weighted by atomic mass is 9.76. The van der Waals surface area contributed by atoms with Crippen molar-refractivity contribution < 1.29 is 0 Å². The van der Waals surface area contributed by atoms with Crippen LogP contribution in [0, 0.1) is 5.92 Å². The molecule has 0 bridgehead atoms. The second-order valence-corrected chi connectivity index (χ2v) is 2.79. The van der Waals surface area contributed by atoms with Crippen molar-refractivity contribution in [3.63, 3.8) is 0 Å². The molecule has 0 aliphatic heterocycles. The summed E-state index contributed by atoms with van der Waals surface area (Å²) in [7, 11) is 0. The Kier molecular flexibility index (Phi) is 0.895. The van der Waals surface area contributed by atoms with E-state index in [1.807, 2.05) is 0 Å². The fraction of sp³-hybridized carbons (Fsp3) is 0.333. The Labute approximate surface area is 55.6 Å². The van der Waals surface area contributed by atoms with Crippen molar-refractivity contribution in [3.05, 3.63) is 35.5 Å². The van der Waals surface area contributed by atoms with Gasteiger partial charge in [-0.1, -0.05) is 29.9 Å². The van der Waals surface area contributed by atoms with Crippen LogP contribution in [0.1, 0.15) is 13.3 Å². The molecular weight excluding hydrogens is 108 g/mol. The zero-order valence-electron chi connectivity index (χ0n) is 5.59. The average Bonchev–Trinajstić information content (AvgIpc) is 1.86. The van der Waals surface area contributed by atoms with Crippen LogP contribution in [0.25, 0.3) is 0 Å². The Bertz CT molecular complexity index is 216. The summed E-state index contributed by atoms with van der Waals surface area (Å²) in [6.45, 7) is 2.22. The molecule has 0 aromatic heterocycles. The first-order valence-electron chi connectivity index (χ1n) is 3.42. The van der Waals surface area contributed by atoms with E-state index >= 15 is 0 Å². The van der Waals surface area contributed by atoms with Gasteiger partial charge >= 0.3 is 0 Å². The number of rotatable bonds is 0. The standard InChI is InChI=1S/C9H10/c1-7-6-8-4-2-3-5-9(7)8/h2-5,8H,6H2,1H3. The second-order valence-electron chi connectivity index (χ2n) is 2.79. The Hall–Kier alpha value is -0.780. The quantitative estimate of drug-likeness (QED) is 0.458. The molecule has 0 aromatic carbocycles. The molecule has 0 aromatic rings. The lowest BCUT2D eigenvalue weighted by molar-refractivity contribution is 0.661. The van der Waals surface area contributed by atoms with Gasteiger partial charge in [0, 0.05) is 5.92 Å². The smallest absolute Gasteiger partial charge is 0.00578 e. The normalized spacial score (nSPS) is 30.1. The highest BCUT2D eigenvalue weighted by Crippen LogP contribution is 2.37. The molecule has 46 valence electrons. The lowest BCUT2D eigenvalue weighted by Gasteiger charge is -2.29. The van der Waals surface area contributed by atoms with Crippen molar-refractivity contribution in [2.45, 2.75) is 13.3 Å². The van der Waals surface area contributed by atoms with Gasteiger partial charge in [-0.15, -0.1) is 0 Å². The van der Waals surface area contributed by atoms with Gasteiger partial charge in [-0.05, 0) is 18.9 Å². The summed E-state index contributed by atoms with van der Waals surface area (Å²) >= 11 is 0. The van der Waals surface area contributed by atoms with Crippen molar-refractivity contribution in [3.8, 4) is 0 Å². The maximum Gasteiger partial charge on any atom is 0.00578 e. The predicted octanol–water partition coefficient (Wildman–Crippen LogP) is 2.45. The highest BCUT2D eigenvalue weighted by Gasteiger charge is 2.22. The summed E-state index contributed by atoms with van der Waals surface area (Å²) in [5, 5.41) is 0. The number of hydrogen-bond donors (Lipinski definition) is 0. The van der Waals surface area contributed by atoms with Gasteiger partial charge < -0.3 is 0 Å². The van der Waals surface area contributed by atoms with Crippen LogP contribution >= 0.6 is 0 Å². The topological polar surface area (TPSA) is 0 Å². The SMILES string of the molecule is CC1=C2C=CC=CC2C1. The van der Waals surface area contributed by atoms with Crippen molar-refractivity contribution in [1.82, 2.24) is 0 Å². The van der Waals surface area contributed by atoms with E-state index in [2.05, 4.69) is 31.2 Å². The molecule has 0 heterocycles. The molecule has 0 spiro atoms. The van der Waals surface area contributed by atoms with E-state index in [0.717, 1.165) is 5.92 Å². The monoisotopic (exact) mass is 118 g/mol. The Balaban J connectivity index is 2.39. The third-order valence-corrected chi connectivity index (χ3v) is 2.15. The minimum atomic E-state index is 0.773. The van der Waals surface area contributed by atoms with Crippen molar-refractivity contribution in [1.29, 1.82) is 0 Å². The van der Waals surface area contributed by atoms with Crippen molar-refractivity contribution in [2.75, 3.05) is 0 Å². The van der Waals surface area contributed by atoms with E-state index < -0.39 is 0 Å². The molecular formula is C9H10. The largest absolute Gasteiger partial charge is 0.0767 e. The highest BCUT2D eigenvalue weighted by molar-refractivity contribution is 5.43. The Morgan fingerprint density at radius 1 is 1.44 bits per heavy atom. The molecule has 0 nitrogen and oxygen atoms in total. The molecule has 0 N–H and O–H groups in total. The molecule has 1 unspecified atom stereocenters. The fourth-order valence-corrected chi connectivity index (χ4v) is 1.54. The van der Waals surface area contributed by atoms with Crippen LogP contribution in [-0.4, -0.2) is 0 Å². The van der Waals surface area contributed by atoms with Gasteiger partial charge in [-0.2, -0.15) is 0 Å². The Morgan fingerprint density at radius 3 is 2.89 bits per heavy atom. The molecule has 0 fully saturated rings. The molecule has 0 heteroatoms. The van der Waals surface area contributed by atoms with E-state index in [9.17, 15) is 0 Å². The van der Waals surface area contributed by atoms with Crippen molar-refractivity contribution in [2.24, 2.45) is 5.92 Å². The fourth-order valence-electron chi connectivity index (χ4n) is 1.54. The molecule has 0 amide bonds.